The van der Waals surface area contributed by atoms with Crippen molar-refractivity contribution in [3.8, 4) is 0 Å². The van der Waals surface area contributed by atoms with E-state index in [0.717, 1.165) is 45.5 Å². The van der Waals surface area contributed by atoms with Crippen LogP contribution in [0.2, 0.25) is 0 Å². The van der Waals surface area contributed by atoms with Crippen LogP contribution in [0, 0.1) is 0 Å². The summed E-state index contributed by atoms with van der Waals surface area (Å²) < 4.78 is 16.5. The molecule has 0 heterocycles. The Bertz CT molecular complexity index is 110. The van der Waals surface area contributed by atoms with Crippen LogP contribution >= 0.6 is 0 Å². The standard InChI is InChI=1S/4C3H7O.Al.K/c4*1-2-3-4;;/h4*2-3H2,1H3;;/q4*-1;+3;+1. The van der Waals surface area contributed by atoms with Gasteiger partial charge in [-0.05, 0) is 19.3 Å². The van der Waals surface area contributed by atoms with E-state index in [0.29, 0.717) is 0 Å². The average Bonchev–Trinajstić information content (AvgIpc) is 2.38. The summed E-state index contributed by atoms with van der Waals surface area (Å²) in [6, 6.07) is 0. The van der Waals surface area contributed by atoms with E-state index in [-0.39, 0.29) is 58.0 Å². The van der Waals surface area contributed by atoms with Crippen LogP contribution in [0.15, 0.2) is 0 Å². The topological polar surface area (TPSA) is 50.8 Å². The normalized spacial score (nSPS) is 9.17. The second-order valence-electron chi connectivity index (χ2n) is 3.61. The Morgan fingerprint density at radius 1 is 0.722 bits per heavy atom. The molecule has 0 aliphatic heterocycles. The average molecular weight is 302 g/mol. The van der Waals surface area contributed by atoms with E-state index in [1.807, 2.05) is 6.92 Å². The summed E-state index contributed by atoms with van der Waals surface area (Å²) in [7, 11) is 0. The maximum Gasteiger partial charge on any atom is 1.00 e. The van der Waals surface area contributed by atoms with Crippen molar-refractivity contribution in [2.75, 3.05) is 26.4 Å². The Morgan fingerprint density at radius 3 is 1.17 bits per heavy atom. The second-order valence-corrected chi connectivity index (χ2v) is 5.18. The molecule has 0 rings (SSSR count). The molecule has 0 bridgehead atoms. The van der Waals surface area contributed by atoms with Gasteiger partial charge in [-0.15, -0.1) is 6.61 Å². The first-order valence-corrected chi connectivity index (χ1v) is 8.10. The minimum absolute atomic E-state index is 0. The molecule has 0 radical (unpaired) electrons. The first-order chi connectivity index (χ1) is 8.26. The summed E-state index contributed by atoms with van der Waals surface area (Å²) in [6.07, 6.45) is 3.83. The maximum absolute atomic E-state index is 9.30. The number of hydrogen-bond acceptors (Lipinski definition) is 4. The molecule has 6 heteroatoms. The van der Waals surface area contributed by atoms with Crippen LogP contribution in [0.4, 0.5) is 0 Å². The van der Waals surface area contributed by atoms with E-state index in [2.05, 4.69) is 20.8 Å². The van der Waals surface area contributed by atoms with Crippen molar-refractivity contribution in [2.45, 2.75) is 53.4 Å². The Balaban J connectivity index is -0.000000392. The summed E-state index contributed by atoms with van der Waals surface area (Å²) in [6.45, 7) is 10.5. The summed E-state index contributed by atoms with van der Waals surface area (Å²) in [5.41, 5.74) is 0. The van der Waals surface area contributed by atoms with Gasteiger partial charge in [0.05, 0.1) is 0 Å². The fourth-order valence-electron chi connectivity index (χ4n) is 0.787. The molecule has 4 nitrogen and oxygen atoms in total. The smallest absolute Gasteiger partial charge is 0.854 e. The largest absolute Gasteiger partial charge is 1.00 e. The Morgan fingerprint density at radius 2 is 1.00 bits per heavy atom. The van der Waals surface area contributed by atoms with Gasteiger partial charge in [-0.25, -0.2) is 0 Å². The van der Waals surface area contributed by atoms with Crippen molar-refractivity contribution < 1.29 is 67.9 Å². The van der Waals surface area contributed by atoms with Gasteiger partial charge in [0, 0.05) is 19.8 Å². The van der Waals surface area contributed by atoms with Crippen LogP contribution in [-0.2, 0) is 11.4 Å². The zero-order valence-electron chi connectivity index (χ0n) is 12.9. The van der Waals surface area contributed by atoms with Gasteiger partial charge in [0.1, 0.15) is 0 Å². The van der Waals surface area contributed by atoms with Crippen molar-refractivity contribution in [1.82, 2.24) is 0 Å². The van der Waals surface area contributed by atoms with Gasteiger partial charge >= 0.3 is 66.5 Å². The van der Waals surface area contributed by atoms with Crippen LogP contribution in [-0.4, -0.2) is 41.6 Å². The van der Waals surface area contributed by atoms with Gasteiger partial charge in [-0.1, -0.05) is 34.1 Å². The third-order valence-corrected chi connectivity index (χ3v) is 3.10. The quantitative estimate of drug-likeness (QED) is 0.486. The van der Waals surface area contributed by atoms with E-state index in [1.165, 1.54) is 0 Å². The van der Waals surface area contributed by atoms with E-state index in [1.54, 1.807) is 0 Å². The molecule has 18 heavy (non-hydrogen) atoms. The molecule has 0 spiro atoms. The van der Waals surface area contributed by atoms with Crippen LogP contribution in [0.3, 0.4) is 0 Å². The SMILES string of the molecule is CCC[O-].CCC[O][Al]([O]CCC)[O]CCC.[K+]. The molecule has 0 aromatic rings. The van der Waals surface area contributed by atoms with E-state index in [4.69, 9.17) is 11.4 Å². The Kier molecular flexibility index (Phi) is 33.4. The molecule has 0 aliphatic rings. The molecule has 0 saturated carbocycles. The summed E-state index contributed by atoms with van der Waals surface area (Å²) in [5, 5.41) is 9.30. The van der Waals surface area contributed by atoms with Crippen molar-refractivity contribution >= 4 is 15.1 Å². The predicted molar refractivity (Wildman–Crippen MR) is 69.6 cm³/mol. The van der Waals surface area contributed by atoms with Gasteiger partial charge in [0.25, 0.3) is 0 Å². The third kappa shape index (κ3) is 23.1. The van der Waals surface area contributed by atoms with E-state index in [9.17, 15) is 5.11 Å². The summed E-state index contributed by atoms with van der Waals surface area (Å²) in [4.78, 5) is 0. The zero-order valence-corrected chi connectivity index (χ0v) is 17.1. The zero-order chi connectivity index (χ0) is 13.4. The van der Waals surface area contributed by atoms with Gasteiger partial charge in [-0.2, -0.15) is 0 Å². The van der Waals surface area contributed by atoms with Gasteiger partial charge in [0.15, 0.2) is 0 Å². The fourth-order valence-corrected chi connectivity index (χ4v) is 2.36. The van der Waals surface area contributed by atoms with E-state index < -0.39 is 15.1 Å². The molecule has 0 fully saturated rings. The van der Waals surface area contributed by atoms with Crippen molar-refractivity contribution in [3.63, 3.8) is 0 Å². The van der Waals surface area contributed by atoms with E-state index >= 15 is 0 Å². The molecule has 0 N–H and O–H groups in total. The number of hydrogen-bond donors (Lipinski definition) is 0. The molecule has 0 unspecified atom stereocenters. The molecule has 0 amide bonds. The van der Waals surface area contributed by atoms with Crippen LogP contribution < -0.4 is 56.5 Å². The molecule has 0 atom stereocenters. The predicted octanol–water partition coefficient (Wildman–Crippen LogP) is -0.988. The van der Waals surface area contributed by atoms with Crippen LogP contribution in [0.5, 0.6) is 0 Å². The minimum Gasteiger partial charge on any atom is -0.854 e. The molecule has 0 aromatic heterocycles. The van der Waals surface area contributed by atoms with Crippen molar-refractivity contribution in [3.05, 3.63) is 0 Å². The van der Waals surface area contributed by atoms with Gasteiger partial charge < -0.3 is 16.5 Å². The molecule has 0 aromatic carbocycles. The third-order valence-electron chi connectivity index (χ3n) is 1.58. The number of rotatable bonds is 10. The molecule has 0 saturated heterocycles. The maximum atomic E-state index is 9.30. The van der Waals surface area contributed by atoms with Crippen molar-refractivity contribution in [2.24, 2.45) is 0 Å². The van der Waals surface area contributed by atoms with Crippen molar-refractivity contribution in [1.29, 1.82) is 0 Å². The second kappa shape index (κ2) is 24.1. The van der Waals surface area contributed by atoms with Gasteiger partial charge in [-0.3, -0.25) is 0 Å². The van der Waals surface area contributed by atoms with Crippen LogP contribution in [0.1, 0.15) is 53.4 Å². The molecule has 104 valence electrons. The first-order valence-electron chi connectivity index (χ1n) is 6.69. The molecular formula is C12H28AlKO4. The Labute approximate surface area is 161 Å². The van der Waals surface area contributed by atoms with Crippen LogP contribution in [0.25, 0.3) is 0 Å². The first kappa shape index (κ1) is 25.0. The fraction of sp³-hybridized carbons (Fsp3) is 1.00. The van der Waals surface area contributed by atoms with Gasteiger partial charge in [0.2, 0.25) is 0 Å². The molecular weight excluding hydrogens is 274 g/mol. The minimum atomic E-state index is -1.79. The summed E-state index contributed by atoms with van der Waals surface area (Å²) in [5.74, 6) is 0. The summed E-state index contributed by atoms with van der Waals surface area (Å²) >= 11 is -1.79. The monoisotopic (exact) mass is 302 g/mol. The molecule has 0 aliphatic carbocycles. The Hall–Kier alpha value is 2.01.